The summed E-state index contributed by atoms with van der Waals surface area (Å²) in [6.07, 6.45) is 4.79. The number of hydrogen-bond acceptors (Lipinski definition) is 4. The maximum atomic E-state index is 10.5. The molecular weight excluding hydrogens is 254 g/mol. The van der Waals surface area contributed by atoms with Crippen LogP contribution in [0.15, 0.2) is 12.4 Å². The number of aromatic nitrogens is 2. The molecule has 5 nitrogen and oxygen atoms in total. The Hall–Kier alpha value is -1.36. The van der Waals surface area contributed by atoms with Crippen molar-refractivity contribution in [2.75, 3.05) is 11.9 Å². The highest BCUT2D eigenvalue weighted by atomic mass is 35.5. The number of hydrogen-bond donors (Lipinski definition) is 2. The maximum absolute atomic E-state index is 10.5. The fraction of sp³-hybridized carbons (Fsp3) is 0.583. The van der Waals surface area contributed by atoms with Crippen LogP contribution >= 0.6 is 11.6 Å². The second kappa shape index (κ2) is 6.54. The van der Waals surface area contributed by atoms with Crippen molar-refractivity contribution in [3.05, 3.63) is 17.5 Å². The van der Waals surface area contributed by atoms with E-state index in [1.165, 1.54) is 6.20 Å². The molecule has 0 bridgehead atoms. The molecule has 0 atom stereocenters. The van der Waals surface area contributed by atoms with Gasteiger partial charge in [0.05, 0.1) is 12.4 Å². The molecule has 1 aromatic rings. The Morgan fingerprint density at radius 2 is 2.17 bits per heavy atom. The number of nitrogens with one attached hydrogen (secondary N) is 1. The minimum Gasteiger partial charge on any atom is -0.481 e. The monoisotopic (exact) mass is 271 g/mol. The summed E-state index contributed by atoms with van der Waals surface area (Å²) in [5, 5.41) is 12.1. The number of halogens is 1. The highest BCUT2D eigenvalue weighted by Gasteiger charge is 2.18. The first kappa shape index (κ1) is 14.7. The van der Waals surface area contributed by atoms with Gasteiger partial charge in [-0.1, -0.05) is 25.4 Å². The zero-order valence-electron chi connectivity index (χ0n) is 10.6. The van der Waals surface area contributed by atoms with Crippen LogP contribution in [-0.4, -0.2) is 27.6 Å². The fourth-order valence-electron chi connectivity index (χ4n) is 1.53. The molecule has 0 aliphatic heterocycles. The van der Waals surface area contributed by atoms with Gasteiger partial charge in [-0.2, -0.15) is 0 Å². The lowest BCUT2D eigenvalue weighted by atomic mass is 9.84. The number of nitrogens with zero attached hydrogens (tertiary/aromatic N) is 2. The Morgan fingerprint density at radius 1 is 1.44 bits per heavy atom. The highest BCUT2D eigenvalue weighted by Crippen LogP contribution is 2.26. The average molecular weight is 272 g/mol. The molecule has 0 fully saturated rings. The molecule has 0 aliphatic carbocycles. The van der Waals surface area contributed by atoms with Crippen molar-refractivity contribution in [1.82, 2.24) is 9.97 Å². The summed E-state index contributed by atoms with van der Waals surface area (Å²) in [5.41, 5.74) is -0.0165. The van der Waals surface area contributed by atoms with Gasteiger partial charge in [0.2, 0.25) is 0 Å². The number of aliphatic carboxylic acids is 1. The number of carbonyl (C=O) groups is 1. The summed E-state index contributed by atoms with van der Waals surface area (Å²) in [6.45, 7) is 4.82. The van der Waals surface area contributed by atoms with Gasteiger partial charge in [0.1, 0.15) is 11.0 Å². The zero-order valence-corrected chi connectivity index (χ0v) is 11.4. The standard InChI is InChI=1S/C12H18ClN3O2/c1-12(2,4-3-11(17)18)5-6-15-10-8-14-7-9(13)16-10/h7-8H,3-6H2,1-2H3,(H,15,16)(H,17,18). The van der Waals surface area contributed by atoms with Crippen LogP contribution in [0.4, 0.5) is 5.82 Å². The molecule has 0 aliphatic rings. The smallest absolute Gasteiger partial charge is 0.303 e. The van der Waals surface area contributed by atoms with Crippen molar-refractivity contribution in [3.63, 3.8) is 0 Å². The van der Waals surface area contributed by atoms with E-state index < -0.39 is 5.97 Å². The lowest BCUT2D eigenvalue weighted by Gasteiger charge is -2.23. The minimum absolute atomic E-state index is 0.0165. The molecule has 2 N–H and O–H groups in total. The predicted octanol–water partition coefficient (Wildman–Crippen LogP) is 2.82. The van der Waals surface area contributed by atoms with E-state index in [4.69, 9.17) is 16.7 Å². The van der Waals surface area contributed by atoms with Gasteiger partial charge in [-0.3, -0.25) is 9.78 Å². The van der Waals surface area contributed by atoms with E-state index in [0.29, 0.717) is 23.9 Å². The maximum Gasteiger partial charge on any atom is 0.303 e. The summed E-state index contributed by atoms with van der Waals surface area (Å²) in [6, 6.07) is 0. The van der Waals surface area contributed by atoms with Crippen LogP contribution in [0.3, 0.4) is 0 Å². The lowest BCUT2D eigenvalue weighted by molar-refractivity contribution is -0.137. The normalized spacial score (nSPS) is 11.3. The van der Waals surface area contributed by atoms with Crippen molar-refractivity contribution >= 4 is 23.4 Å². The molecule has 18 heavy (non-hydrogen) atoms. The van der Waals surface area contributed by atoms with Crippen molar-refractivity contribution in [3.8, 4) is 0 Å². The van der Waals surface area contributed by atoms with E-state index in [-0.39, 0.29) is 11.8 Å². The molecule has 1 aromatic heterocycles. The van der Waals surface area contributed by atoms with Crippen molar-refractivity contribution < 1.29 is 9.90 Å². The average Bonchev–Trinajstić information content (AvgIpc) is 2.26. The summed E-state index contributed by atoms with van der Waals surface area (Å²) in [5.74, 6) is -0.117. The van der Waals surface area contributed by atoms with E-state index in [9.17, 15) is 4.79 Å². The Morgan fingerprint density at radius 3 is 2.78 bits per heavy atom. The van der Waals surface area contributed by atoms with Gasteiger partial charge in [-0.15, -0.1) is 0 Å². The van der Waals surface area contributed by atoms with Gasteiger partial charge in [0.15, 0.2) is 0 Å². The van der Waals surface area contributed by atoms with Crippen LogP contribution < -0.4 is 5.32 Å². The van der Waals surface area contributed by atoms with Crippen LogP contribution in [0.5, 0.6) is 0 Å². The molecule has 100 valence electrons. The first-order valence-electron chi connectivity index (χ1n) is 5.82. The fourth-order valence-corrected chi connectivity index (χ4v) is 1.67. The van der Waals surface area contributed by atoms with Crippen LogP contribution in [0.1, 0.15) is 33.1 Å². The summed E-state index contributed by atoms with van der Waals surface area (Å²) < 4.78 is 0. The third-order valence-electron chi connectivity index (χ3n) is 2.73. The zero-order chi connectivity index (χ0) is 13.6. The summed E-state index contributed by atoms with van der Waals surface area (Å²) in [7, 11) is 0. The van der Waals surface area contributed by atoms with Gasteiger partial charge in [-0.05, 0) is 18.3 Å². The Labute approximate surface area is 112 Å². The van der Waals surface area contributed by atoms with Gasteiger partial charge < -0.3 is 10.4 Å². The first-order chi connectivity index (χ1) is 8.39. The lowest BCUT2D eigenvalue weighted by Crippen LogP contribution is -2.18. The Balaban J connectivity index is 2.34. The van der Waals surface area contributed by atoms with Gasteiger partial charge >= 0.3 is 5.97 Å². The summed E-state index contributed by atoms with van der Waals surface area (Å²) >= 11 is 5.72. The molecule has 0 spiro atoms. The molecule has 6 heteroatoms. The van der Waals surface area contributed by atoms with E-state index in [1.807, 2.05) is 0 Å². The van der Waals surface area contributed by atoms with E-state index in [0.717, 1.165) is 6.42 Å². The van der Waals surface area contributed by atoms with Gasteiger partial charge in [0, 0.05) is 13.0 Å². The molecule has 0 unspecified atom stereocenters. The van der Waals surface area contributed by atoms with Crippen LogP contribution in [0, 0.1) is 5.41 Å². The molecule has 0 saturated carbocycles. The Bertz CT molecular complexity index is 410. The van der Waals surface area contributed by atoms with Crippen molar-refractivity contribution in [1.29, 1.82) is 0 Å². The molecular formula is C12H18ClN3O2. The topological polar surface area (TPSA) is 75.1 Å². The number of carboxylic acid groups (broad SMARTS) is 1. The van der Waals surface area contributed by atoms with E-state index >= 15 is 0 Å². The summed E-state index contributed by atoms with van der Waals surface area (Å²) in [4.78, 5) is 18.5. The molecule has 0 radical (unpaired) electrons. The third-order valence-corrected chi connectivity index (χ3v) is 2.91. The minimum atomic E-state index is -0.753. The van der Waals surface area contributed by atoms with Crippen molar-refractivity contribution in [2.45, 2.75) is 33.1 Å². The molecule has 0 saturated heterocycles. The van der Waals surface area contributed by atoms with Gasteiger partial charge in [0.25, 0.3) is 0 Å². The number of rotatable bonds is 7. The largest absolute Gasteiger partial charge is 0.481 e. The quantitative estimate of drug-likeness (QED) is 0.798. The highest BCUT2D eigenvalue weighted by molar-refractivity contribution is 6.29. The third kappa shape index (κ3) is 5.82. The van der Waals surface area contributed by atoms with Crippen LogP contribution in [0.25, 0.3) is 0 Å². The molecule has 1 rings (SSSR count). The predicted molar refractivity (Wildman–Crippen MR) is 70.8 cm³/mol. The molecule has 0 amide bonds. The van der Waals surface area contributed by atoms with Crippen LogP contribution in [0.2, 0.25) is 5.15 Å². The van der Waals surface area contributed by atoms with Crippen molar-refractivity contribution in [2.24, 2.45) is 5.41 Å². The second-order valence-corrected chi connectivity index (χ2v) is 5.35. The van der Waals surface area contributed by atoms with Gasteiger partial charge in [-0.25, -0.2) is 4.98 Å². The molecule has 0 aromatic carbocycles. The second-order valence-electron chi connectivity index (χ2n) is 4.96. The van der Waals surface area contributed by atoms with E-state index in [1.54, 1.807) is 6.20 Å². The first-order valence-corrected chi connectivity index (χ1v) is 6.20. The van der Waals surface area contributed by atoms with E-state index in [2.05, 4.69) is 29.1 Å². The molecule has 1 heterocycles. The number of anilines is 1. The van der Waals surface area contributed by atoms with Crippen LogP contribution in [-0.2, 0) is 4.79 Å². The number of carboxylic acids is 1. The Kier molecular flexibility index (Phi) is 5.34. The SMILES string of the molecule is CC(C)(CCNc1cncc(Cl)n1)CCC(=O)O.